The van der Waals surface area contributed by atoms with E-state index in [-0.39, 0.29) is 5.91 Å². The van der Waals surface area contributed by atoms with Crippen LogP contribution in [0.2, 0.25) is 0 Å². The molecule has 0 fully saturated rings. The van der Waals surface area contributed by atoms with E-state index in [2.05, 4.69) is 26.1 Å². The number of aromatic nitrogens is 4. The smallest absolute Gasteiger partial charge is 0.248 e. The van der Waals surface area contributed by atoms with Crippen LogP contribution in [0.5, 0.6) is 0 Å². The van der Waals surface area contributed by atoms with Gasteiger partial charge in [0.25, 0.3) is 0 Å². The van der Waals surface area contributed by atoms with Crippen molar-refractivity contribution < 1.29 is 9.21 Å². The van der Waals surface area contributed by atoms with Gasteiger partial charge in [-0.1, -0.05) is 0 Å². The minimum absolute atomic E-state index is 0.176. The number of amides is 1. The minimum Gasteiger partial charge on any atom is -0.467 e. The third kappa shape index (κ3) is 4.97. The molecule has 0 aliphatic heterocycles. The maximum Gasteiger partial charge on any atom is 0.248 e. The van der Waals surface area contributed by atoms with Gasteiger partial charge in [-0.2, -0.15) is 0 Å². The van der Waals surface area contributed by atoms with E-state index in [0.717, 1.165) is 38.5 Å². The zero-order valence-corrected chi connectivity index (χ0v) is 18.4. The third-order valence-electron chi connectivity index (χ3n) is 4.92. The van der Waals surface area contributed by atoms with Crippen molar-refractivity contribution in [1.29, 1.82) is 0 Å². The molecule has 31 heavy (non-hydrogen) atoms. The lowest BCUT2D eigenvalue weighted by atomic mass is 10.2. The van der Waals surface area contributed by atoms with Gasteiger partial charge in [0.05, 0.1) is 12.8 Å². The van der Waals surface area contributed by atoms with Gasteiger partial charge in [0.1, 0.15) is 12.1 Å². The van der Waals surface area contributed by atoms with Crippen molar-refractivity contribution in [2.24, 2.45) is 7.05 Å². The van der Waals surface area contributed by atoms with Crippen LogP contribution in [-0.4, -0.2) is 25.2 Å². The number of anilines is 1. The second-order valence-corrected chi connectivity index (χ2v) is 8.21. The van der Waals surface area contributed by atoms with Crippen LogP contribution in [0.25, 0.3) is 6.08 Å². The Labute approximate surface area is 184 Å². The van der Waals surface area contributed by atoms with Crippen molar-refractivity contribution in [3.05, 3.63) is 83.8 Å². The number of rotatable bonds is 7. The summed E-state index contributed by atoms with van der Waals surface area (Å²) < 4.78 is 9.48. The van der Waals surface area contributed by atoms with Crippen LogP contribution in [0.1, 0.15) is 22.7 Å². The fraction of sp³-hybridized carbons (Fsp3) is 0.174. The van der Waals surface area contributed by atoms with Crippen LogP contribution in [-0.2, 0) is 18.4 Å². The molecule has 0 aliphatic carbocycles. The first-order valence-corrected chi connectivity index (χ1v) is 10.6. The summed E-state index contributed by atoms with van der Waals surface area (Å²) in [7, 11) is 1.90. The average molecular weight is 434 g/mol. The molecule has 7 nitrogen and oxygen atoms in total. The summed E-state index contributed by atoms with van der Waals surface area (Å²) in [5.41, 5.74) is 3.95. The minimum atomic E-state index is -0.176. The van der Waals surface area contributed by atoms with Crippen molar-refractivity contribution in [2.45, 2.75) is 30.4 Å². The lowest BCUT2D eigenvalue weighted by Gasteiger charge is -2.07. The molecule has 0 saturated carbocycles. The van der Waals surface area contributed by atoms with Gasteiger partial charge in [-0.15, -0.1) is 10.2 Å². The predicted molar refractivity (Wildman–Crippen MR) is 121 cm³/mol. The Morgan fingerprint density at radius 3 is 2.71 bits per heavy atom. The lowest BCUT2D eigenvalue weighted by Crippen LogP contribution is -2.07. The van der Waals surface area contributed by atoms with Crippen LogP contribution in [0, 0.1) is 13.8 Å². The standard InChI is InChI=1S/C23H23N5O2S/c1-16-13-18(17(2)28(16)14-20-5-4-12-30-20)6-11-22(29)25-19-7-9-21(10-8-19)31-23-26-24-15-27(23)3/h4-13,15H,14H2,1-3H3,(H,25,29). The molecule has 1 aromatic carbocycles. The molecule has 0 atom stereocenters. The van der Waals surface area contributed by atoms with E-state index in [1.807, 2.05) is 67.9 Å². The number of furan rings is 1. The van der Waals surface area contributed by atoms with Crippen molar-refractivity contribution in [2.75, 3.05) is 5.32 Å². The summed E-state index contributed by atoms with van der Waals surface area (Å²) in [6, 6.07) is 13.6. The largest absolute Gasteiger partial charge is 0.467 e. The molecule has 3 aromatic heterocycles. The van der Waals surface area contributed by atoms with E-state index in [1.165, 1.54) is 11.8 Å². The Hall–Kier alpha value is -3.52. The first kappa shape index (κ1) is 20.7. The summed E-state index contributed by atoms with van der Waals surface area (Å²) in [6.07, 6.45) is 6.74. The van der Waals surface area contributed by atoms with Crippen LogP contribution in [0.15, 0.2) is 75.6 Å². The van der Waals surface area contributed by atoms with Gasteiger partial charge in [-0.3, -0.25) is 4.79 Å². The summed E-state index contributed by atoms with van der Waals surface area (Å²) in [4.78, 5) is 13.4. The Morgan fingerprint density at radius 1 is 1.23 bits per heavy atom. The van der Waals surface area contributed by atoms with Crippen LogP contribution < -0.4 is 5.32 Å². The number of benzene rings is 1. The second-order valence-electron chi connectivity index (χ2n) is 7.17. The number of carbonyl (C=O) groups excluding carboxylic acids is 1. The zero-order valence-electron chi connectivity index (χ0n) is 17.6. The van der Waals surface area contributed by atoms with E-state index < -0.39 is 0 Å². The Kier molecular flexibility index (Phi) is 6.08. The summed E-state index contributed by atoms with van der Waals surface area (Å²) in [5.74, 6) is 0.723. The normalized spacial score (nSPS) is 11.3. The number of hydrogen-bond acceptors (Lipinski definition) is 5. The maximum absolute atomic E-state index is 12.4. The van der Waals surface area contributed by atoms with Gasteiger partial charge >= 0.3 is 0 Å². The van der Waals surface area contributed by atoms with E-state index in [9.17, 15) is 4.79 Å². The molecule has 3 heterocycles. The molecular weight excluding hydrogens is 410 g/mol. The number of aryl methyl sites for hydroxylation is 2. The summed E-state index contributed by atoms with van der Waals surface area (Å²) in [5, 5.41) is 11.6. The molecule has 0 saturated heterocycles. The van der Waals surface area contributed by atoms with Crippen LogP contribution in [0.3, 0.4) is 0 Å². The van der Waals surface area contributed by atoms with Gasteiger partial charge < -0.3 is 18.9 Å². The van der Waals surface area contributed by atoms with Crippen molar-refractivity contribution >= 4 is 29.4 Å². The highest BCUT2D eigenvalue weighted by Gasteiger charge is 2.09. The molecule has 8 heteroatoms. The Bertz CT molecular complexity index is 1200. The summed E-state index contributed by atoms with van der Waals surface area (Å²) in [6.45, 7) is 4.76. The molecule has 1 N–H and O–H groups in total. The number of hydrogen-bond donors (Lipinski definition) is 1. The molecule has 0 spiro atoms. The van der Waals surface area contributed by atoms with E-state index in [1.54, 1.807) is 18.7 Å². The van der Waals surface area contributed by atoms with E-state index in [0.29, 0.717) is 6.54 Å². The van der Waals surface area contributed by atoms with Gasteiger partial charge in [0.15, 0.2) is 5.16 Å². The first-order chi connectivity index (χ1) is 15.0. The maximum atomic E-state index is 12.4. The van der Waals surface area contributed by atoms with Gasteiger partial charge in [0.2, 0.25) is 5.91 Å². The topological polar surface area (TPSA) is 77.9 Å². The molecule has 0 radical (unpaired) electrons. The molecule has 4 rings (SSSR count). The summed E-state index contributed by atoms with van der Waals surface area (Å²) >= 11 is 1.52. The highest BCUT2D eigenvalue weighted by Crippen LogP contribution is 2.26. The third-order valence-corrected chi connectivity index (χ3v) is 5.98. The predicted octanol–water partition coefficient (Wildman–Crippen LogP) is 4.68. The van der Waals surface area contributed by atoms with Crippen LogP contribution in [0.4, 0.5) is 5.69 Å². The van der Waals surface area contributed by atoms with Gasteiger partial charge in [0, 0.05) is 35.1 Å². The molecule has 158 valence electrons. The molecular formula is C23H23N5O2S. The number of carbonyl (C=O) groups is 1. The number of nitrogens with zero attached hydrogens (tertiary/aromatic N) is 4. The molecule has 0 unspecified atom stereocenters. The second kappa shape index (κ2) is 9.09. The molecule has 4 aromatic rings. The molecule has 1 amide bonds. The SMILES string of the molecule is Cc1cc(C=CC(=O)Nc2ccc(Sc3nncn3C)cc2)c(C)n1Cc1ccco1. The van der Waals surface area contributed by atoms with Crippen molar-refractivity contribution in [1.82, 2.24) is 19.3 Å². The highest BCUT2D eigenvalue weighted by molar-refractivity contribution is 7.99. The van der Waals surface area contributed by atoms with Crippen LogP contribution >= 0.6 is 11.8 Å². The number of nitrogens with one attached hydrogen (secondary N) is 1. The van der Waals surface area contributed by atoms with E-state index in [4.69, 9.17) is 4.42 Å². The highest BCUT2D eigenvalue weighted by atomic mass is 32.2. The quantitative estimate of drug-likeness (QED) is 0.428. The van der Waals surface area contributed by atoms with E-state index >= 15 is 0 Å². The molecule has 0 bridgehead atoms. The average Bonchev–Trinajstić information content (AvgIpc) is 3.47. The first-order valence-electron chi connectivity index (χ1n) is 9.79. The zero-order chi connectivity index (χ0) is 21.8. The van der Waals surface area contributed by atoms with Gasteiger partial charge in [-0.05, 0) is 79.7 Å². The Balaban J connectivity index is 1.38. The fourth-order valence-electron chi connectivity index (χ4n) is 3.22. The monoisotopic (exact) mass is 433 g/mol. The van der Waals surface area contributed by atoms with Gasteiger partial charge in [-0.25, -0.2) is 0 Å². The molecule has 0 aliphatic rings. The van der Waals surface area contributed by atoms with Crippen molar-refractivity contribution in [3.63, 3.8) is 0 Å². The lowest BCUT2D eigenvalue weighted by molar-refractivity contribution is -0.111. The van der Waals surface area contributed by atoms with Crippen molar-refractivity contribution in [3.8, 4) is 0 Å². The fourth-order valence-corrected chi connectivity index (χ4v) is 3.99. The Morgan fingerprint density at radius 2 is 2.03 bits per heavy atom.